The Morgan fingerprint density at radius 3 is 2.61 bits per heavy atom. The van der Waals surface area contributed by atoms with Crippen LogP contribution in [0, 0.1) is 0 Å². The van der Waals surface area contributed by atoms with Gasteiger partial charge in [0.25, 0.3) is 0 Å². The first kappa shape index (κ1) is 21.4. The fraction of sp³-hybridized carbons (Fsp3) is 0.440. The Bertz CT molecular complexity index is 1070. The third-order valence-electron chi connectivity index (χ3n) is 6.58. The predicted octanol–water partition coefficient (Wildman–Crippen LogP) is 3.32. The van der Waals surface area contributed by atoms with Crippen molar-refractivity contribution in [3.05, 3.63) is 47.5 Å². The summed E-state index contributed by atoms with van der Waals surface area (Å²) in [6.07, 6.45) is 4.43. The molecule has 1 unspecified atom stereocenters. The molecular formula is C25H29N3O5. The molecule has 174 valence electrons. The lowest BCUT2D eigenvalue weighted by Crippen LogP contribution is -2.46. The average molecular weight is 452 g/mol. The molecule has 0 aromatic heterocycles. The van der Waals surface area contributed by atoms with Gasteiger partial charge in [0.15, 0.2) is 11.5 Å². The van der Waals surface area contributed by atoms with Crippen LogP contribution in [-0.2, 0) is 10.2 Å². The first-order valence-electron chi connectivity index (χ1n) is 11.6. The van der Waals surface area contributed by atoms with Crippen molar-refractivity contribution < 1.29 is 23.8 Å². The molecule has 0 aliphatic carbocycles. The van der Waals surface area contributed by atoms with Crippen molar-refractivity contribution in [2.45, 2.75) is 38.0 Å². The SMILES string of the molecule is CCCCCCNC(=O)NCCN1C(=O)C2(COc3cc4c(cc32)OCO4)c2ccccc21. The van der Waals surface area contributed by atoms with Gasteiger partial charge in [0.05, 0.1) is 0 Å². The highest BCUT2D eigenvalue weighted by Crippen LogP contribution is 2.54. The molecule has 1 atom stereocenters. The van der Waals surface area contributed by atoms with E-state index in [1.165, 1.54) is 6.42 Å². The first-order chi connectivity index (χ1) is 16.1. The molecule has 8 nitrogen and oxygen atoms in total. The Morgan fingerprint density at radius 1 is 0.970 bits per heavy atom. The zero-order chi connectivity index (χ0) is 22.8. The van der Waals surface area contributed by atoms with Gasteiger partial charge in [-0.15, -0.1) is 0 Å². The maximum absolute atomic E-state index is 13.8. The van der Waals surface area contributed by atoms with Gasteiger partial charge in [-0.1, -0.05) is 44.4 Å². The van der Waals surface area contributed by atoms with Crippen molar-refractivity contribution in [3.63, 3.8) is 0 Å². The molecule has 0 radical (unpaired) electrons. The minimum atomic E-state index is -0.922. The number of unbranched alkanes of at least 4 members (excludes halogenated alkanes) is 3. The van der Waals surface area contributed by atoms with E-state index < -0.39 is 5.41 Å². The number of benzene rings is 2. The molecule has 2 aromatic rings. The van der Waals surface area contributed by atoms with E-state index in [9.17, 15) is 9.59 Å². The van der Waals surface area contributed by atoms with Crippen LogP contribution in [0.4, 0.5) is 10.5 Å². The number of rotatable bonds is 8. The van der Waals surface area contributed by atoms with Crippen molar-refractivity contribution in [1.29, 1.82) is 0 Å². The molecule has 33 heavy (non-hydrogen) atoms. The molecule has 2 aromatic carbocycles. The van der Waals surface area contributed by atoms with Gasteiger partial charge in [0.1, 0.15) is 17.8 Å². The van der Waals surface area contributed by atoms with Gasteiger partial charge in [-0.05, 0) is 24.1 Å². The Morgan fingerprint density at radius 2 is 1.76 bits per heavy atom. The van der Waals surface area contributed by atoms with E-state index in [0.717, 1.165) is 36.1 Å². The van der Waals surface area contributed by atoms with Crippen LogP contribution < -0.4 is 29.7 Å². The second-order valence-corrected chi connectivity index (χ2v) is 8.61. The Hall–Kier alpha value is -3.42. The standard InChI is InChI=1S/C25H29N3O5/c1-2-3-4-7-10-26-24(30)27-11-12-28-19-9-6-5-8-17(19)25(23(28)29)15-31-20-14-22-21(13-18(20)25)32-16-33-22/h5-6,8-9,13-14H,2-4,7,10-12,15-16H2,1H3,(H2,26,27,30). The molecule has 0 fully saturated rings. The number of carbonyl (C=O) groups is 2. The number of fused-ring (bicyclic) bond motifs is 5. The normalized spacial score (nSPS) is 19.4. The third kappa shape index (κ3) is 3.63. The highest BCUT2D eigenvalue weighted by atomic mass is 16.7. The number of amides is 3. The molecule has 0 saturated heterocycles. The van der Waals surface area contributed by atoms with Gasteiger partial charge in [-0.2, -0.15) is 0 Å². The van der Waals surface area contributed by atoms with E-state index in [0.29, 0.717) is 36.9 Å². The minimum absolute atomic E-state index is 0.0527. The zero-order valence-electron chi connectivity index (χ0n) is 18.8. The van der Waals surface area contributed by atoms with Crippen LogP contribution in [0.1, 0.15) is 43.7 Å². The summed E-state index contributed by atoms with van der Waals surface area (Å²) in [6, 6.07) is 11.2. The Labute approximate surface area is 193 Å². The van der Waals surface area contributed by atoms with Crippen molar-refractivity contribution in [3.8, 4) is 17.2 Å². The van der Waals surface area contributed by atoms with Gasteiger partial charge in [0, 0.05) is 37.0 Å². The first-order valence-corrected chi connectivity index (χ1v) is 11.6. The average Bonchev–Trinajstić information content (AvgIpc) is 3.50. The Balaban J connectivity index is 1.30. The number of para-hydroxylation sites is 1. The van der Waals surface area contributed by atoms with E-state index in [1.807, 2.05) is 30.3 Å². The van der Waals surface area contributed by atoms with E-state index >= 15 is 0 Å². The van der Waals surface area contributed by atoms with Crippen molar-refractivity contribution in [2.24, 2.45) is 0 Å². The predicted molar refractivity (Wildman–Crippen MR) is 123 cm³/mol. The summed E-state index contributed by atoms with van der Waals surface area (Å²) in [7, 11) is 0. The molecule has 3 aliphatic heterocycles. The lowest BCUT2D eigenvalue weighted by molar-refractivity contribution is -0.122. The molecule has 1 spiro atoms. The molecular weight excluding hydrogens is 422 g/mol. The van der Waals surface area contributed by atoms with E-state index in [-0.39, 0.29) is 25.3 Å². The highest BCUT2D eigenvalue weighted by molar-refractivity contribution is 6.11. The van der Waals surface area contributed by atoms with Crippen molar-refractivity contribution >= 4 is 17.6 Å². The van der Waals surface area contributed by atoms with E-state index in [4.69, 9.17) is 14.2 Å². The maximum atomic E-state index is 13.8. The molecule has 0 bridgehead atoms. The summed E-state index contributed by atoms with van der Waals surface area (Å²) in [4.78, 5) is 27.7. The quantitative estimate of drug-likeness (QED) is 0.601. The molecule has 0 saturated carbocycles. The van der Waals surface area contributed by atoms with Crippen molar-refractivity contribution in [1.82, 2.24) is 10.6 Å². The number of nitrogens with one attached hydrogen (secondary N) is 2. The van der Waals surface area contributed by atoms with Crippen LogP contribution in [0.2, 0.25) is 0 Å². The second kappa shape index (κ2) is 8.84. The summed E-state index contributed by atoms with van der Waals surface area (Å²) < 4.78 is 17.0. The van der Waals surface area contributed by atoms with E-state index in [1.54, 1.807) is 11.0 Å². The molecule has 2 N–H and O–H groups in total. The molecule has 3 aliphatic rings. The summed E-state index contributed by atoms with van der Waals surface area (Å²) in [5.74, 6) is 1.85. The van der Waals surface area contributed by atoms with Gasteiger partial charge >= 0.3 is 6.03 Å². The zero-order valence-corrected chi connectivity index (χ0v) is 18.8. The second-order valence-electron chi connectivity index (χ2n) is 8.61. The number of anilines is 1. The molecule has 3 heterocycles. The number of carbonyl (C=O) groups excluding carboxylic acids is 2. The van der Waals surface area contributed by atoms with Crippen LogP contribution in [0.25, 0.3) is 0 Å². The van der Waals surface area contributed by atoms with Crippen LogP contribution >= 0.6 is 0 Å². The summed E-state index contributed by atoms with van der Waals surface area (Å²) in [5.41, 5.74) is 1.63. The molecule has 8 heteroatoms. The number of hydrogen-bond acceptors (Lipinski definition) is 5. The minimum Gasteiger partial charge on any atom is -0.491 e. The number of ether oxygens (including phenoxy) is 3. The van der Waals surface area contributed by atoms with Crippen LogP contribution in [-0.4, -0.2) is 45.0 Å². The maximum Gasteiger partial charge on any atom is 0.314 e. The lowest BCUT2D eigenvalue weighted by Gasteiger charge is -2.23. The van der Waals surface area contributed by atoms with Crippen LogP contribution in [0.3, 0.4) is 0 Å². The lowest BCUT2D eigenvalue weighted by atomic mass is 9.77. The number of urea groups is 1. The topological polar surface area (TPSA) is 89.1 Å². The summed E-state index contributed by atoms with van der Waals surface area (Å²) in [5, 5.41) is 5.76. The highest BCUT2D eigenvalue weighted by Gasteiger charge is 2.57. The number of nitrogens with zero attached hydrogens (tertiary/aromatic N) is 1. The van der Waals surface area contributed by atoms with Crippen molar-refractivity contribution in [2.75, 3.05) is 37.9 Å². The van der Waals surface area contributed by atoms with Crippen LogP contribution in [0.5, 0.6) is 17.2 Å². The monoisotopic (exact) mass is 451 g/mol. The molecule has 3 amide bonds. The fourth-order valence-electron chi connectivity index (χ4n) is 4.88. The smallest absolute Gasteiger partial charge is 0.314 e. The third-order valence-corrected chi connectivity index (χ3v) is 6.58. The van der Waals surface area contributed by atoms with Crippen LogP contribution in [0.15, 0.2) is 36.4 Å². The Kier molecular flexibility index (Phi) is 5.74. The largest absolute Gasteiger partial charge is 0.491 e. The van der Waals surface area contributed by atoms with Gasteiger partial charge in [-0.25, -0.2) is 4.79 Å². The molecule has 5 rings (SSSR count). The summed E-state index contributed by atoms with van der Waals surface area (Å²) in [6.45, 7) is 3.93. The van der Waals surface area contributed by atoms with Gasteiger partial charge in [0.2, 0.25) is 12.7 Å². The summed E-state index contributed by atoms with van der Waals surface area (Å²) >= 11 is 0. The number of hydrogen-bond donors (Lipinski definition) is 2. The van der Waals surface area contributed by atoms with Gasteiger partial charge in [-0.3, -0.25) is 4.79 Å². The van der Waals surface area contributed by atoms with E-state index in [2.05, 4.69) is 17.6 Å². The van der Waals surface area contributed by atoms with Gasteiger partial charge < -0.3 is 29.7 Å². The fourth-order valence-corrected chi connectivity index (χ4v) is 4.88.